The Morgan fingerprint density at radius 1 is 1.24 bits per heavy atom. The number of aliphatic hydroxyl groups is 1. The summed E-state index contributed by atoms with van der Waals surface area (Å²) >= 11 is 0. The Labute approximate surface area is 194 Å². The van der Waals surface area contributed by atoms with Crippen LogP contribution in [0.2, 0.25) is 0 Å². The molecule has 2 aromatic rings. The maximum Gasteiger partial charge on any atom is 0.387 e. The number of hydrogen-bond donors (Lipinski definition) is 2. The third-order valence-corrected chi connectivity index (χ3v) is 4.35. The van der Waals surface area contributed by atoms with Gasteiger partial charge in [-0.15, -0.1) is 0 Å². The summed E-state index contributed by atoms with van der Waals surface area (Å²) in [7, 11) is 2.91. The maximum atomic E-state index is 13.6. The van der Waals surface area contributed by atoms with E-state index in [1.54, 1.807) is 6.07 Å². The highest BCUT2D eigenvalue weighted by atomic mass is 19.3. The van der Waals surface area contributed by atoms with Crippen molar-refractivity contribution >= 4 is 23.6 Å². The predicted molar refractivity (Wildman–Crippen MR) is 119 cm³/mol. The van der Waals surface area contributed by atoms with Gasteiger partial charge in [-0.1, -0.05) is 6.07 Å². The van der Waals surface area contributed by atoms with Crippen LogP contribution in [-0.2, 0) is 14.3 Å². The van der Waals surface area contributed by atoms with Gasteiger partial charge in [-0.3, -0.25) is 14.6 Å². The predicted octanol–water partition coefficient (Wildman–Crippen LogP) is 2.52. The fourth-order valence-electron chi connectivity index (χ4n) is 2.74. The summed E-state index contributed by atoms with van der Waals surface area (Å²) < 4.78 is 47.6. The molecule has 0 radical (unpaired) electrons. The number of anilines is 1. The van der Waals surface area contributed by atoms with Crippen molar-refractivity contribution in [2.24, 2.45) is 5.10 Å². The Hall–Kier alpha value is -3.70. The normalized spacial score (nSPS) is 12.9. The topological polar surface area (TPSA) is 100 Å². The lowest BCUT2D eigenvalue weighted by atomic mass is 10.1. The van der Waals surface area contributed by atoms with Crippen molar-refractivity contribution in [2.45, 2.75) is 12.7 Å². The summed E-state index contributed by atoms with van der Waals surface area (Å²) in [6, 6.07) is 10.9. The van der Waals surface area contributed by atoms with E-state index >= 15 is 0 Å². The number of methoxy groups -OCH3 is 1. The molecule has 1 amide bonds. The molecule has 0 spiro atoms. The number of hydrazone groups is 1. The Morgan fingerprint density at radius 3 is 2.53 bits per heavy atom. The number of nitrogens with one attached hydrogen (secondary N) is 1. The van der Waals surface area contributed by atoms with Crippen LogP contribution in [0.25, 0.3) is 0 Å². The van der Waals surface area contributed by atoms with E-state index in [1.165, 1.54) is 67.7 Å². The number of carbonyl (C=O) groups is 2. The minimum atomic E-state index is -3.00. The standard InChI is InChI=1S/C23H24F3N3O5/c1-29(18-5-3-4-17(24)11-18)28-21(15-6-8-20(9-7-15)34-23(25)26)10-16(13-30)22(32)27-12-19(31)14-33-2/h3-11,13,19,23,31H,12,14H2,1-2H3,(H,27,32)/b16-10+,28-21+. The average Bonchev–Trinajstić information content (AvgIpc) is 2.80. The Bertz CT molecular complexity index is 1030. The smallest absolute Gasteiger partial charge is 0.387 e. The van der Waals surface area contributed by atoms with Gasteiger partial charge in [0, 0.05) is 26.3 Å². The van der Waals surface area contributed by atoms with Gasteiger partial charge in [-0.05, 0) is 48.5 Å². The van der Waals surface area contributed by atoms with Gasteiger partial charge in [0.15, 0.2) is 6.29 Å². The number of nitrogens with zero attached hydrogens (tertiary/aromatic N) is 2. The van der Waals surface area contributed by atoms with Gasteiger partial charge in [0.2, 0.25) is 0 Å². The first-order valence-electron chi connectivity index (χ1n) is 9.98. The zero-order valence-corrected chi connectivity index (χ0v) is 18.5. The summed E-state index contributed by atoms with van der Waals surface area (Å²) in [6.07, 6.45) is 0.518. The van der Waals surface area contributed by atoms with Crippen molar-refractivity contribution in [2.75, 3.05) is 32.3 Å². The van der Waals surface area contributed by atoms with Crippen molar-refractivity contribution in [1.29, 1.82) is 0 Å². The van der Waals surface area contributed by atoms with Crippen LogP contribution in [0.15, 0.2) is 65.3 Å². The molecule has 8 nitrogen and oxygen atoms in total. The third-order valence-electron chi connectivity index (χ3n) is 4.35. The van der Waals surface area contributed by atoms with Gasteiger partial charge in [-0.25, -0.2) is 4.39 Å². The number of benzene rings is 2. The Balaban J connectivity index is 2.40. The van der Waals surface area contributed by atoms with E-state index in [0.717, 1.165) is 0 Å². The fraction of sp³-hybridized carbons (Fsp3) is 0.261. The number of ether oxygens (including phenoxy) is 2. The molecule has 1 atom stereocenters. The largest absolute Gasteiger partial charge is 0.435 e. The lowest BCUT2D eigenvalue weighted by Gasteiger charge is -2.16. The van der Waals surface area contributed by atoms with E-state index in [-0.39, 0.29) is 30.2 Å². The van der Waals surface area contributed by atoms with Crippen LogP contribution in [0.5, 0.6) is 5.75 Å². The molecule has 34 heavy (non-hydrogen) atoms. The number of rotatable bonds is 12. The molecule has 2 rings (SSSR count). The number of aldehydes is 1. The minimum Gasteiger partial charge on any atom is -0.435 e. The number of halogens is 3. The summed E-state index contributed by atoms with van der Waals surface area (Å²) in [5.74, 6) is -1.36. The van der Waals surface area contributed by atoms with Crippen molar-refractivity contribution < 1.29 is 37.3 Å². The molecular formula is C23H24F3N3O5. The first kappa shape index (κ1) is 26.6. The van der Waals surface area contributed by atoms with E-state index in [0.29, 0.717) is 17.5 Å². The maximum absolute atomic E-state index is 13.6. The molecular weight excluding hydrogens is 455 g/mol. The van der Waals surface area contributed by atoms with Gasteiger partial charge in [0.05, 0.1) is 29.7 Å². The van der Waals surface area contributed by atoms with E-state index < -0.39 is 24.4 Å². The highest BCUT2D eigenvalue weighted by Crippen LogP contribution is 2.19. The quantitative estimate of drug-likeness (QED) is 0.121. The first-order valence-corrected chi connectivity index (χ1v) is 9.98. The number of amides is 1. The molecule has 0 fully saturated rings. The number of alkyl halides is 2. The molecule has 0 saturated carbocycles. The van der Waals surface area contributed by atoms with Crippen LogP contribution < -0.4 is 15.1 Å². The number of allylic oxidation sites excluding steroid dienone is 1. The van der Waals surface area contributed by atoms with Gasteiger partial charge < -0.3 is 19.9 Å². The second-order valence-corrected chi connectivity index (χ2v) is 6.93. The molecule has 2 aromatic carbocycles. The van der Waals surface area contributed by atoms with Crippen molar-refractivity contribution in [3.8, 4) is 5.75 Å². The SMILES string of the molecule is COCC(O)CNC(=O)/C(C=O)=C/C(=N\N(C)c1cccc(F)c1)c1ccc(OC(F)F)cc1. The van der Waals surface area contributed by atoms with Crippen LogP contribution in [0, 0.1) is 5.82 Å². The minimum absolute atomic E-state index is 0.0153. The molecule has 0 aliphatic heterocycles. The van der Waals surface area contributed by atoms with E-state index in [2.05, 4.69) is 15.2 Å². The van der Waals surface area contributed by atoms with Gasteiger partial charge in [0.25, 0.3) is 5.91 Å². The summed E-state index contributed by atoms with van der Waals surface area (Å²) in [6.45, 7) is -3.18. The van der Waals surface area contributed by atoms with Crippen molar-refractivity contribution in [3.05, 3.63) is 71.6 Å². The van der Waals surface area contributed by atoms with Gasteiger partial charge >= 0.3 is 6.61 Å². The number of hydrogen-bond acceptors (Lipinski definition) is 7. The molecule has 11 heteroatoms. The van der Waals surface area contributed by atoms with E-state index in [4.69, 9.17) is 4.74 Å². The van der Waals surface area contributed by atoms with Crippen molar-refractivity contribution in [1.82, 2.24) is 5.32 Å². The first-order chi connectivity index (χ1) is 16.2. The lowest BCUT2D eigenvalue weighted by Crippen LogP contribution is -2.35. The molecule has 0 aliphatic rings. The summed E-state index contributed by atoms with van der Waals surface area (Å²) in [5.41, 5.74) is 0.522. The molecule has 0 aliphatic carbocycles. The molecule has 1 unspecified atom stereocenters. The molecule has 0 bridgehead atoms. The highest BCUT2D eigenvalue weighted by Gasteiger charge is 2.15. The summed E-state index contributed by atoms with van der Waals surface area (Å²) in [5, 5.41) is 17.8. The second-order valence-electron chi connectivity index (χ2n) is 6.93. The Morgan fingerprint density at radius 2 is 1.94 bits per heavy atom. The van der Waals surface area contributed by atoms with Crippen LogP contribution >= 0.6 is 0 Å². The number of aliphatic hydroxyl groups excluding tert-OH is 1. The second kappa shape index (κ2) is 13.1. The third kappa shape index (κ3) is 8.34. The van der Waals surface area contributed by atoms with Crippen molar-refractivity contribution in [3.63, 3.8) is 0 Å². The van der Waals surface area contributed by atoms with Crippen LogP contribution in [-0.4, -0.2) is 63.0 Å². The molecule has 0 aromatic heterocycles. The zero-order chi connectivity index (χ0) is 25.1. The van der Waals surface area contributed by atoms with Gasteiger partial charge in [-0.2, -0.15) is 13.9 Å². The molecule has 0 saturated heterocycles. The van der Waals surface area contributed by atoms with E-state index in [9.17, 15) is 27.9 Å². The van der Waals surface area contributed by atoms with Crippen LogP contribution in [0.4, 0.5) is 18.9 Å². The fourth-order valence-corrected chi connectivity index (χ4v) is 2.74. The van der Waals surface area contributed by atoms with E-state index in [1.807, 2.05) is 0 Å². The molecule has 0 heterocycles. The number of carbonyl (C=O) groups excluding carboxylic acids is 2. The lowest BCUT2D eigenvalue weighted by molar-refractivity contribution is -0.119. The molecule has 2 N–H and O–H groups in total. The van der Waals surface area contributed by atoms with Gasteiger partial charge in [0.1, 0.15) is 11.6 Å². The zero-order valence-electron chi connectivity index (χ0n) is 18.5. The summed E-state index contributed by atoms with van der Waals surface area (Å²) in [4.78, 5) is 24.1. The Kier molecular flexibility index (Phi) is 10.2. The monoisotopic (exact) mass is 479 g/mol. The highest BCUT2D eigenvalue weighted by molar-refractivity contribution is 6.19. The molecule has 182 valence electrons. The van der Waals surface area contributed by atoms with Crippen LogP contribution in [0.1, 0.15) is 5.56 Å². The average molecular weight is 479 g/mol. The van der Waals surface area contributed by atoms with Crippen LogP contribution in [0.3, 0.4) is 0 Å².